The molecule has 4 aromatic rings. The summed E-state index contributed by atoms with van der Waals surface area (Å²) in [6.07, 6.45) is 1.04. The molecule has 7 nitrogen and oxygen atoms in total. The van der Waals surface area contributed by atoms with Crippen molar-refractivity contribution in [1.29, 1.82) is 5.26 Å². The van der Waals surface area contributed by atoms with Crippen molar-refractivity contribution in [3.05, 3.63) is 96.2 Å². The quantitative estimate of drug-likeness (QED) is 0.321. The number of carbonyl (C=O) groups is 1. The number of thiocarbonyl (C=S) groups is 1. The zero-order chi connectivity index (χ0) is 23.9. The van der Waals surface area contributed by atoms with E-state index in [2.05, 4.69) is 27.0 Å². The largest absolute Gasteiger partial charge is 0.418 e. The van der Waals surface area contributed by atoms with Crippen molar-refractivity contribution in [2.75, 3.05) is 10.6 Å². The van der Waals surface area contributed by atoms with E-state index in [4.69, 9.17) is 22.2 Å². The number of nitrogens with one attached hydrogen (secondary N) is 3. The smallest absolute Gasteiger partial charge is 0.391 e. The molecule has 8 heteroatoms. The monoisotopic (exact) mass is 467 g/mol. The van der Waals surface area contributed by atoms with Gasteiger partial charge in [-0.3, -0.25) is 5.32 Å². The van der Waals surface area contributed by atoms with Crippen molar-refractivity contribution in [1.82, 2.24) is 10.3 Å². The first-order valence-corrected chi connectivity index (χ1v) is 10.9. The Morgan fingerprint density at radius 1 is 0.971 bits per heavy atom. The standard InChI is InChI=1S/C26H21N5O2S/c1-17(19-8-6-18(15-27)7-9-19)29-25(34)30-22-10-12-23(13-11-22)31-26(32)33-24-14-20-4-2-3-5-21(20)16-28-24/h2-14,16-17H,1H3,(H,31,32)(H2,29,30,34). The number of ether oxygens (including phenoxy) is 1. The maximum atomic E-state index is 12.2. The van der Waals surface area contributed by atoms with Crippen LogP contribution in [0.25, 0.3) is 10.8 Å². The van der Waals surface area contributed by atoms with E-state index in [1.165, 1.54) is 0 Å². The molecule has 0 spiro atoms. The van der Waals surface area contributed by atoms with Gasteiger partial charge < -0.3 is 15.4 Å². The molecular weight excluding hydrogens is 446 g/mol. The summed E-state index contributed by atoms with van der Waals surface area (Å²) in [5.41, 5.74) is 2.96. The lowest BCUT2D eigenvalue weighted by atomic mass is 10.1. The molecule has 0 saturated carbocycles. The Hall–Kier alpha value is -4.48. The maximum Gasteiger partial charge on any atom is 0.418 e. The third-order valence-corrected chi connectivity index (χ3v) is 5.30. The zero-order valence-corrected chi connectivity index (χ0v) is 19.1. The second kappa shape index (κ2) is 10.4. The van der Waals surface area contributed by atoms with Gasteiger partial charge in [-0.25, -0.2) is 9.78 Å². The number of hydrogen-bond donors (Lipinski definition) is 3. The number of amides is 1. The van der Waals surface area contributed by atoms with E-state index in [1.807, 2.05) is 43.3 Å². The van der Waals surface area contributed by atoms with Crippen LogP contribution >= 0.6 is 12.2 Å². The fourth-order valence-corrected chi connectivity index (χ4v) is 3.58. The molecule has 0 aliphatic rings. The molecule has 3 N–H and O–H groups in total. The third kappa shape index (κ3) is 5.85. The number of benzene rings is 3. The molecule has 1 amide bonds. The van der Waals surface area contributed by atoms with Crippen LogP contribution in [0.2, 0.25) is 0 Å². The minimum Gasteiger partial charge on any atom is -0.391 e. The van der Waals surface area contributed by atoms with Crippen LogP contribution in [0.4, 0.5) is 16.2 Å². The predicted octanol–water partition coefficient (Wildman–Crippen LogP) is 5.76. The SMILES string of the molecule is CC(NC(=S)Nc1ccc(NC(=O)Oc2cc3ccccc3cn2)cc1)c1ccc(C#N)cc1. The second-order valence-electron chi connectivity index (χ2n) is 7.52. The molecule has 0 bridgehead atoms. The first-order valence-electron chi connectivity index (χ1n) is 10.5. The summed E-state index contributed by atoms with van der Waals surface area (Å²) in [5, 5.41) is 20.3. The molecule has 1 atom stereocenters. The highest BCUT2D eigenvalue weighted by atomic mass is 32.1. The van der Waals surface area contributed by atoms with E-state index < -0.39 is 6.09 Å². The lowest BCUT2D eigenvalue weighted by Gasteiger charge is -2.17. The van der Waals surface area contributed by atoms with Gasteiger partial charge in [0, 0.05) is 29.0 Å². The predicted molar refractivity (Wildman–Crippen MR) is 137 cm³/mol. The summed E-state index contributed by atoms with van der Waals surface area (Å²) in [4.78, 5) is 16.4. The molecule has 168 valence electrons. The topological polar surface area (TPSA) is 99.1 Å². The number of pyridine rings is 1. The lowest BCUT2D eigenvalue weighted by Crippen LogP contribution is -2.30. The zero-order valence-electron chi connectivity index (χ0n) is 18.3. The van der Waals surface area contributed by atoms with E-state index in [9.17, 15) is 4.79 Å². The summed E-state index contributed by atoms with van der Waals surface area (Å²) in [5.74, 6) is 0.224. The normalized spacial score (nSPS) is 11.2. The van der Waals surface area contributed by atoms with Crippen molar-refractivity contribution in [3.8, 4) is 11.9 Å². The molecule has 34 heavy (non-hydrogen) atoms. The van der Waals surface area contributed by atoms with Gasteiger partial charge in [0.15, 0.2) is 5.11 Å². The van der Waals surface area contributed by atoms with Crippen molar-refractivity contribution < 1.29 is 9.53 Å². The average molecular weight is 468 g/mol. The van der Waals surface area contributed by atoms with Gasteiger partial charge in [0.2, 0.25) is 5.88 Å². The van der Waals surface area contributed by atoms with Crippen LogP contribution in [-0.2, 0) is 0 Å². The molecule has 0 aliphatic carbocycles. The van der Waals surface area contributed by atoms with Gasteiger partial charge in [-0.15, -0.1) is 0 Å². The van der Waals surface area contributed by atoms with Crippen LogP contribution in [0.1, 0.15) is 24.1 Å². The third-order valence-electron chi connectivity index (χ3n) is 5.08. The first-order chi connectivity index (χ1) is 16.5. The number of carbonyl (C=O) groups excluding carboxylic acids is 1. The molecule has 4 rings (SSSR count). The van der Waals surface area contributed by atoms with Gasteiger partial charge >= 0.3 is 6.09 Å². The van der Waals surface area contributed by atoms with Gasteiger partial charge in [-0.2, -0.15) is 5.26 Å². The molecule has 0 radical (unpaired) electrons. The van der Waals surface area contributed by atoms with Crippen LogP contribution in [0.15, 0.2) is 85.1 Å². The summed E-state index contributed by atoms with van der Waals surface area (Å²) in [7, 11) is 0. The first kappa shape index (κ1) is 22.7. The minimum absolute atomic E-state index is 0.0350. The van der Waals surface area contributed by atoms with E-state index >= 15 is 0 Å². The minimum atomic E-state index is -0.628. The Morgan fingerprint density at radius 3 is 2.29 bits per heavy atom. The van der Waals surface area contributed by atoms with E-state index in [-0.39, 0.29) is 11.9 Å². The maximum absolute atomic E-state index is 12.2. The molecule has 0 aliphatic heterocycles. The Labute approximate surface area is 202 Å². The summed E-state index contributed by atoms with van der Waals surface area (Å²) < 4.78 is 5.30. The van der Waals surface area contributed by atoms with Crippen LogP contribution in [-0.4, -0.2) is 16.2 Å². The lowest BCUT2D eigenvalue weighted by molar-refractivity contribution is 0.213. The van der Waals surface area contributed by atoms with Crippen molar-refractivity contribution >= 4 is 45.6 Å². The molecule has 0 fully saturated rings. The number of nitriles is 1. The number of aromatic nitrogens is 1. The van der Waals surface area contributed by atoms with Gasteiger partial charge in [-0.1, -0.05) is 36.4 Å². The van der Waals surface area contributed by atoms with Gasteiger partial charge in [0.1, 0.15) is 0 Å². The van der Waals surface area contributed by atoms with Crippen molar-refractivity contribution in [2.24, 2.45) is 0 Å². The Morgan fingerprint density at radius 2 is 1.62 bits per heavy atom. The molecule has 1 heterocycles. The Balaban J connectivity index is 1.29. The number of hydrogen-bond acceptors (Lipinski definition) is 5. The van der Waals surface area contributed by atoms with E-state index in [0.717, 1.165) is 22.0 Å². The van der Waals surface area contributed by atoms with E-state index in [1.54, 1.807) is 48.7 Å². The molecule has 3 aromatic carbocycles. The van der Waals surface area contributed by atoms with Crippen molar-refractivity contribution in [3.63, 3.8) is 0 Å². The highest BCUT2D eigenvalue weighted by molar-refractivity contribution is 7.80. The average Bonchev–Trinajstić information content (AvgIpc) is 2.85. The van der Waals surface area contributed by atoms with Gasteiger partial charge in [-0.05, 0) is 66.5 Å². The number of anilines is 2. The van der Waals surface area contributed by atoms with Crippen LogP contribution < -0.4 is 20.7 Å². The fourth-order valence-electron chi connectivity index (χ4n) is 3.29. The molecule has 1 aromatic heterocycles. The van der Waals surface area contributed by atoms with Crippen LogP contribution in [0.3, 0.4) is 0 Å². The van der Waals surface area contributed by atoms with Crippen LogP contribution in [0.5, 0.6) is 5.88 Å². The van der Waals surface area contributed by atoms with Gasteiger partial charge in [0.05, 0.1) is 17.7 Å². The summed E-state index contributed by atoms with van der Waals surface area (Å²) >= 11 is 5.40. The fraction of sp³-hybridized carbons (Fsp3) is 0.0769. The highest BCUT2D eigenvalue weighted by Gasteiger charge is 2.09. The molecule has 0 saturated heterocycles. The van der Waals surface area contributed by atoms with Crippen LogP contribution in [0, 0.1) is 11.3 Å². The molecular formula is C26H21N5O2S. The van der Waals surface area contributed by atoms with Gasteiger partial charge in [0.25, 0.3) is 0 Å². The molecule has 1 unspecified atom stereocenters. The Bertz CT molecular complexity index is 1360. The highest BCUT2D eigenvalue weighted by Crippen LogP contribution is 2.19. The van der Waals surface area contributed by atoms with Crippen molar-refractivity contribution in [2.45, 2.75) is 13.0 Å². The summed E-state index contributed by atoms with van der Waals surface area (Å²) in [6, 6.07) is 25.9. The number of rotatable bonds is 5. The number of nitrogens with zero attached hydrogens (tertiary/aromatic N) is 2. The Kier molecular flexibility index (Phi) is 6.96. The van der Waals surface area contributed by atoms with E-state index in [0.29, 0.717) is 16.4 Å². The summed E-state index contributed by atoms with van der Waals surface area (Å²) in [6.45, 7) is 1.98. The number of fused-ring (bicyclic) bond motifs is 1. The second-order valence-corrected chi connectivity index (χ2v) is 7.92.